The highest BCUT2D eigenvalue weighted by molar-refractivity contribution is 7.89. The van der Waals surface area contributed by atoms with E-state index in [4.69, 9.17) is 28.3 Å². The van der Waals surface area contributed by atoms with E-state index in [0.29, 0.717) is 13.1 Å². The highest BCUT2D eigenvalue weighted by atomic mass is 35.5. The van der Waals surface area contributed by atoms with Crippen molar-refractivity contribution in [2.45, 2.75) is 17.7 Å². The Kier molecular flexibility index (Phi) is 4.10. The van der Waals surface area contributed by atoms with E-state index in [-0.39, 0.29) is 10.7 Å². The fourth-order valence-corrected chi connectivity index (χ4v) is 4.05. The first-order valence-corrected chi connectivity index (χ1v) is 7.98. The standard InChI is InChI=1S/C10H11Cl2N3O4S/c11-6-5-7(14-3-1-2-4-14)9(15(16)17)8(12)10(6)20(13,18)19/h5H,1-4H2,(H2,13,18,19). The Labute approximate surface area is 125 Å². The molecule has 7 nitrogen and oxygen atoms in total. The summed E-state index contributed by atoms with van der Waals surface area (Å²) in [4.78, 5) is 11.6. The van der Waals surface area contributed by atoms with E-state index < -0.39 is 30.6 Å². The number of anilines is 1. The molecule has 1 aliphatic rings. The van der Waals surface area contributed by atoms with Gasteiger partial charge in [0.05, 0.1) is 9.95 Å². The molecule has 0 bridgehead atoms. The molecule has 1 aliphatic heterocycles. The van der Waals surface area contributed by atoms with Gasteiger partial charge in [-0.3, -0.25) is 10.1 Å². The SMILES string of the molecule is NS(=O)(=O)c1c(Cl)cc(N2CCCC2)c([N+](=O)[O-])c1Cl. The minimum atomic E-state index is -4.25. The summed E-state index contributed by atoms with van der Waals surface area (Å²) in [5, 5.41) is 15.4. The number of nitro groups is 1. The number of rotatable bonds is 3. The number of sulfonamides is 1. The number of benzene rings is 1. The maximum Gasteiger partial charge on any atom is 0.312 e. The van der Waals surface area contributed by atoms with E-state index in [1.807, 2.05) is 0 Å². The maximum atomic E-state index is 11.5. The van der Waals surface area contributed by atoms with E-state index >= 15 is 0 Å². The van der Waals surface area contributed by atoms with Gasteiger partial charge in [0.2, 0.25) is 10.0 Å². The maximum absolute atomic E-state index is 11.5. The molecule has 110 valence electrons. The Morgan fingerprint density at radius 3 is 2.30 bits per heavy atom. The Morgan fingerprint density at radius 1 is 1.30 bits per heavy atom. The predicted octanol–water partition coefficient (Wildman–Crippen LogP) is 2.15. The molecule has 1 fully saturated rings. The summed E-state index contributed by atoms with van der Waals surface area (Å²) in [5.74, 6) is 0. The average molecular weight is 340 g/mol. The number of nitrogens with zero attached hydrogens (tertiary/aromatic N) is 2. The van der Waals surface area contributed by atoms with E-state index in [0.717, 1.165) is 12.8 Å². The second-order valence-corrected chi connectivity index (χ2v) is 6.65. The fourth-order valence-electron chi connectivity index (χ4n) is 2.21. The quantitative estimate of drug-likeness (QED) is 0.670. The van der Waals surface area contributed by atoms with Crippen LogP contribution in [0, 0.1) is 10.1 Å². The predicted molar refractivity (Wildman–Crippen MR) is 75.9 cm³/mol. The minimum Gasteiger partial charge on any atom is -0.366 e. The van der Waals surface area contributed by atoms with Crippen LogP contribution in [0.2, 0.25) is 10.0 Å². The van der Waals surface area contributed by atoms with Gasteiger partial charge in [0.15, 0.2) is 0 Å². The van der Waals surface area contributed by atoms with Crippen molar-refractivity contribution in [2.24, 2.45) is 5.14 Å². The van der Waals surface area contributed by atoms with Crippen LogP contribution in [-0.4, -0.2) is 26.4 Å². The van der Waals surface area contributed by atoms with Crippen LogP contribution in [0.5, 0.6) is 0 Å². The topological polar surface area (TPSA) is 107 Å². The molecule has 2 rings (SSSR count). The van der Waals surface area contributed by atoms with Crippen molar-refractivity contribution in [1.29, 1.82) is 0 Å². The molecular formula is C10H11Cl2N3O4S. The molecule has 2 N–H and O–H groups in total. The van der Waals surface area contributed by atoms with Crippen molar-refractivity contribution in [1.82, 2.24) is 0 Å². The number of primary sulfonamides is 1. The molecule has 10 heteroatoms. The van der Waals surface area contributed by atoms with Crippen molar-refractivity contribution in [3.05, 3.63) is 26.2 Å². The summed E-state index contributed by atoms with van der Waals surface area (Å²) < 4.78 is 22.9. The average Bonchev–Trinajstić information content (AvgIpc) is 2.78. The van der Waals surface area contributed by atoms with Crippen molar-refractivity contribution in [2.75, 3.05) is 18.0 Å². The van der Waals surface area contributed by atoms with E-state index in [1.54, 1.807) is 4.90 Å². The Balaban J connectivity index is 2.75. The lowest BCUT2D eigenvalue weighted by Crippen LogP contribution is -2.21. The summed E-state index contributed by atoms with van der Waals surface area (Å²) >= 11 is 11.7. The summed E-state index contributed by atoms with van der Waals surface area (Å²) in [7, 11) is -4.25. The van der Waals surface area contributed by atoms with Crippen LogP contribution >= 0.6 is 23.2 Å². The van der Waals surface area contributed by atoms with Gasteiger partial charge in [-0.2, -0.15) is 0 Å². The highest BCUT2D eigenvalue weighted by Crippen LogP contribution is 2.44. The zero-order valence-corrected chi connectivity index (χ0v) is 12.5. The van der Waals surface area contributed by atoms with E-state index in [2.05, 4.69) is 0 Å². The molecule has 0 saturated carbocycles. The number of hydrogen-bond donors (Lipinski definition) is 1. The van der Waals surface area contributed by atoms with Crippen molar-refractivity contribution in [3.63, 3.8) is 0 Å². The summed E-state index contributed by atoms with van der Waals surface area (Å²) in [5.41, 5.74) is -0.267. The van der Waals surface area contributed by atoms with Gasteiger partial charge < -0.3 is 4.90 Å². The monoisotopic (exact) mass is 339 g/mol. The second-order valence-electron chi connectivity index (χ2n) is 4.37. The van der Waals surface area contributed by atoms with Crippen molar-refractivity contribution in [3.8, 4) is 0 Å². The lowest BCUT2D eigenvalue weighted by Gasteiger charge is -2.19. The van der Waals surface area contributed by atoms with Gasteiger partial charge >= 0.3 is 5.69 Å². The molecular weight excluding hydrogens is 329 g/mol. The number of nitro benzene ring substituents is 1. The van der Waals surface area contributed by atoms with Crippen LogP contribution in [0.3, 0.4) is 0 Å². The summed E-state index contributed by atoms with van der Waals surface area (Å²) in [6, 6.07) is 1.23. The van der Waals surface area contributed by atoms with Crippen LogP contribution in [0.15, 0.2) is 11.0 Å². The van der Waals surface area contributed by atoms with Gasteiger partial charge in [-0.15, -0.1) is 0 Å². The third-order valence-electron chi connectivity index (χ3n) is 3.04. The molecule has 0 aliphatic carbocycles. The van der Waals surface area contributed by atoms with Gasteiger partial charge in [-0.1, -0.05) is 23.2 Å². The minimum absolute atomic E-state index is 0.218. The van der Waals surface area contributed by atoms with Gasteiger partial charge in [0.1, 0.15) is 15.6 Å². The molecule has 1 aromatic rings. The Hall–Kier alpha value is -1.09. The molecule has 1 aromatic carbocycles. The second kappa shape index (κ2) is 5.36. The van der Waals surface area contributed by atoms with Crippen LogP contribution < -0.4 is 10.0 Å². The molecule has 0 amide bonds. The van der Waals surface area contributed by atoms with Gasteiger partial charge in [0, 0.05) is 13.1 Å². The normalized spacial score (nSPS) is 15.7. The number of halogens is 2. The van der Waals surface area contributed by atoms with E-state index in [1.165, 1.54) is 6.07 Å². The zero-order chi connectivity index (χ0) is 15.1. The molecule has 0 atom stereocenters. The largest absolute Gasteiger partial charge is 0.366 e. The zero-order valence-electron chi connectivity index (χ0n) is 10.2. The van der Waals surface area contributed by atoms with Gasteiger partial charge in [0.25, 0.3) is 0 Å². The van der Waals surface area contributed by atoms with Crippen molar-refractivity contribution < 1.29 is 13.3 Å². The molecule has 0 aromatic heterocycles. The molecule has 1 saturated heterocycles. The molecule has 0 radical (unpaired) electrons. The summed E-state index contributed by atoms with van der Waals surface area (Å²) in [6.07, 6.45) is 1.78. The van der Waals surface area contributed by atoms with Gasteiger partial charge in [-0.05, 0) is 18.9 Å². The summed E-state index contributed by atoms with van der Waals surface area (Å²) in [6.45, 7) is 1.25. The Morgan fingerprint density at radius 2 is 1.85 bits per heavy atom. The van der Waals surface area contributed by atoms with Crippen LogP contribution in [0.1, 0.15) is 12.8 Å². The first-order valence-electron chi connectivity index (χ1n) is 5.67. The molecule has 0 unspecified atom stereocenters. The van der Waals surface area contributed by atoms with Crippen molar-refractivity contribution >= 4 is 44.6 Å². The lowest BCUT2D eigenvalue weighted by atomic mass is 10.2. The fraction of sp³-hybridized carbons (Fsp3) is 0.400. The van der Waals surface area contributed by atoms with Crippen LogP contribution in [0.25, 0.3) is 0 Å². The van der Waals surface area contributed by atoms with Crippen LogP contribution in [0.4, 0.5) is 11.4 Å². The molecule has 0 spiro atoms. The third-order valence-corrected chi connectivity index (χ3v) is 4.93. The highest BCUT2D eigenvalue weighted by Gasteiger charge is 2.32. The smallest absolute Gasteiger partial charge is 0.312 e. The first-order chi connectivity index (χ1) is 9.23. The first kappa shape index (κ1) is 15.3. The lowest BCUT2D eigenvalue weighted by molar-refractivity contribution is -0.384. The molecule has 20 heavy (non-hydrogen) atoms. The number of nitrogens with two attached hydrogens (primary N) is 1. The Bertz CT molecular complexity index is 672. The number of hydrogen-bond acceptors (Lipinski definition) is 5. The van der Waals surface area contributed by atoms with Gasteiger partial charge in [-0.25, -0.2) is 13.6 Å². The van der Waals surface area contributed by atoms with Crippen LogP contribution in [-0.2, 0) is 10.0 Å². The van der Waals surface area contributed by atoms with E-state index in [9.17, 15) is 18.5 Å². The third kappa shape index (κ3) is 2.69. The molecule has 1 heterocycles.